The van der Waals surface area contributed by atoms with E-state index < -0.39 is 28.8 Å². The number of aliphatic hydroxyl groups is 1. The first-order valence-electron chi connectivity index (χ1n) is 13.6. The van der Waals surface area contributed by atoms with Crippen LogP contribution in [0.15, 0.2) is 133 Å². The molecular formula is C35H35N3O3. The standard InChI is InChI=1S/C35H35N3O3/c1-4-30(35(41,27-17-9-6-10-18-27)32-20-12-14-22-38-32)28(29(24-39)25(2)33(36)40)23-34(3,26-15-7-5-8-16-26)31-19-11-13-21-37-31/h4-25,29,41H,1-3H3,(H2,36,40)/b28-23?,30-4+. The van der Waals surface area contributed by atoms with Gasteiger partial charge in [0.05, 0.1) is 22.7 Å². The van der Waals surface area contributed by atoms with E-state index in [-0.39, 0.29) is 0 Å². The molecule has 0 radical (unpaired) electrons. The fraction of sp³-hybridized carbons (Fsp3) is 0.200. The van der Waals surface area contributed by atoms with E-state index in [0.29, 0.717) is 22.4 Å². The Morgan fingerprint density at radius 1 is 0.829 bits per heavy atom. The molecule has 0 bridgehead atoms. The van der Waals surface area contributed by atoms with Gasteiger partial charge in [0.2, 0.25) is 5.91 Å². The second kappa shape index (κ2) is 12.7. The molecular weight excluding hydrogens is 510 g/mol. The SMILES string of the molecule is C/C=C(\C(=CC(C)(c1ccccc1)c1ccccn1)C(C=O)C(C)C(N)=O)C(O)(c1ccccc1)c1ccccn1. The lowest BCUT2D eigenvalue weighted by atomic mass is 9.69. The van der Waals surface area contributed by atoms with Gasteiger partial charge in [-0.3, -0.25) is 14.8 Å². The number of hydrogen-bond acceptors (Lipinski definition) is 5. The van der Waals surface area contributed by atoms with Crippen LogP contribution in [0.1, 0.15) is 43.3 Å². The predicted molar refractivity (Wildman–Crippen MR) is 161 cm³/mol. The lowest BCUT2D eigenvalue weighted by molar-refractivity contribution is -0.125. The minimum atomic E-state index is -1.76. The van der Waals surface area contributed by atoms with Gasteiger partial charge in [0, 0.05) is 18.3 Å². The monoisotopic (exact) mass is 545 g/mol. The van der Waals surface area contributed by atoms with Gasteiger partial charge in [0.1, 0.15) is 6.29 Å². The van der Waals surface area contributed by atoms with Crippen molar-refractivity contribution in [2.75, 3.05) is 0 Å². The molecule has 2 heterocycles. The second-order valence-electron chi connectivity index (χ2n) is 10.2. The molecule has 3 N–H and O–H groups in total. The first kappa shape index (κ1) is 29.3. The summed E-state index contributed by atoms with van der Waals surface area (Å²) < 4.78 is 0. The average Bonchev–Trinajstić information content (AvgIpc) is 3.03. The summed E-state index contributed by atoms with van der Waals surface area (Å²) in [6.07, 6.45) is 7.79. The van der Waals surface area contributed by atoms with Gasteiger partial charge in [-0.15, -0.1) is 0 Å². The maximum Gasteiger partial charge on any atom is 0.221 e. The van der Waals surface area contributed by atoms with Crippen LogP contribution in [-0.2, 0) is 20.6 Å². The Morgan fingerprint density at radius 3 is 1.80 bits per heavy atom. The van der Waals surface area contributed by atoms with Crippen LogP contribution >= 0.6 is 0 Å². The molecule has 0 saturated heterocycles. The minimum absolute atomic E-state index is 0.376. The molecule has 0 saturated carbocycles. The lowest BCUT2D eigenvalue weighted by Crippen LogP contribution is -2.38. The van der Waals surface area contributed by atoms with Gasteiger partial charge in [-0.1, -0.05) is 91.9 Å². The summed E-state index contributed by atoms with van der Waals surface area (Å²) in [7, 11) is 0. The van der Waals surface area contributed by atoms with Gasteiger partial charge in [-0.05, 0) is 60.4 Å². The number of allylic oxidation sites excluding steroid dienone is 2. The molecule has 2 aromatic heterocycles. The summed E-state index contributed by atoms with van der Waals surface area (Å²) in [5.41, 5.74) is 6.64. The maximum absolute atomic E-state index is 12.9. The number of aromatic nitrogens is 2. The molecule has 4 rings (SSSR count). The van der Waals surface area contributed by atoms with Crippen LogP contribution in [0.25, 0.3) is 0 Å². The average molecular weight is 546 g/mol. The third-order valence-electron chi connectivity index (χ3n) is 7.72. The number of rotatable bonds is 11. The largest absolute Gasteiger partial charge is 0.374 e. The minimum Gasteiger partial charge on any atom is -0.374 e. The van der Waals surface area contributed by atoms with Crippen LogP contribution in [0, 0.1) is 11.8 Å². The van der Waals surface area contributed by atoms with E-state index in [1.807, 2.05) is 91.9 Å². The first-order chi connectivity index (χ1) is 19.8. The van der Waals surface area contributed by atoms with Crippen LogP contribution in [-0.4, -0.2) is 27.3 Å². The van der Waals surface area contributed by atoms with Crippen molar-refractivity contribution in [3.8, 4) is 0 Å². The van der Waals surface area contributed by atoms with Crippen molar-refractivity contribution in [3.63, 3.8) is 0 Å². The topological polar surface area (TPSA) is 106 Å². The van der Waals surface area contributed by atoms with Gasteiger partial charge in [-0.2, -0.15) is 0 Å². The van der Waals surface area contributed by atoms with Crippen molar-refractivity contribution in [3.05, 3.63) is 155 Å². The summed E-state index contributed by atoms with van der Waals surface area (Å²) in [6, 6.07) is 30.0. The quantitative estimate of drug-likeness (QED) is 0.190. The Balaban J connectivity index is 2.11. The number of benzene rings is 2. The molecule has 2 aromatic carbocycles. The summed E-state index contributed by atoms with van der Waals surface area (Å²) in [5, 5.41) is 12.8. The molecule has 4 unspecified atom stereocenters. The Bertz CT molecular complexity index is 1440. The number of aldehydes is 1. The van der Waals surface area contributed by atoms with E-state index in [9.17, 15) is 14.7 Å². The molecule has 6 heteroatoms. The zero-order chi connectivity index (χ0) is 29.5. The van der Waals surface area contributed by atoms with Crippen LogP contribution in [0.5, 0.6) is 0 Å². The Hall–Kier alpha value is -4.68. The first-order valence-corrected chi connectivity index (χ1v) is 13.6. The van der Waals surface area contributed by atoms with Gasteiger partial charge in [0.15, 0.2) is 5.60 Å². The highest BCUT2D eigenvalue weighted by molar-refractivity contribution is 5.82. The second-order valence-corrected chi connectivity index (χ2v) is 10.2. The molecule has 1 amide bonds. The molecule has 0 spiro atoms. The van der Waals surface area contributed by atoms with Crippen LogP contribution < -0.4 is 5.73 Å². The Kier molecular flexibility index (Phi) is 9.05. The van der Waals surface area contributed by atoms with E-state index in [1.165, 1.54) is 0 Å². The van der Waals surface area contributed by atoms with Crippen molar-refractivity contribution in [1.29, 1.82) is 0 Å². The normalized spacial score (nSPS) is 16.6. The smallest absolute Gasteiger partial charge is 0.221 e. The Labute approximate surface area is 241 Å². The third-order valence-corrected chi connectivity index (χ3v) is 7.72. The number of carbonyl (C=O) groups excluding carboxylic acids is 2. The zero-order valence-electron chi connectivity index (χ0n) is 23.5. The van der Waals surface area contributed by atoms with Gasteiger partial charge < -0.3 is 15.6 Å². The summed E-state index contributed by atoms with van der Waals surface area (Å²) in [5.74, 6) is -2.45. The fourth-order valence-electron chi connectivity index (χ4n) is 5.34. The molecule has 0 fully saturated rings. The number of hydrogen-bond donors (Lipinski definition) is 2. The van der Waals surface area contributed by atoms with Crippen molar-refractivity contribution < 1.29 is 14.7 Å². The Morgan fingerprint density at radius 2 is 1.34 bits per heavy atom. The predicted octanol–water partition coefficient (Wildman–Crippen LogP) is 5.53. The fourth-order valence-corrected chi connectivity index (χ4v) is 5.34. The zero-order valence-corrected chi connectivity index (χ0v) is 23.5. The third kappa shape index (κ3) is 5.79. The highest BCUT2D eigenvalue weighted by Gasteiger charge is 2.43. The summed E-state index contributed by atoms with van der Waals surface area (Å²) in [4.78, 5) is 34.7. The molecule has 4 aromatic rings. The number of nitrogens with two attached hydrogens (primary N) is 1. The van der Waals surface area contributed by atoms with Crippen LogP contribution in [0.4, 0.5) is 0 Å². The van der Waals surface area contributed by atoms with Crippen molar-refractivity contribution in [1.82, 2.24) is 9.97 Å². The lowest BCUT2D eigenvalue weighted by Gasteiger charge is -2.37. The van der Waals surface area contributed by atoms with E-state index >= 15 is 0 Å². The highest BCUT2D eigenvalue weighted by Crippen LogP contribution is 2.45. The molecule has 0 aliphatic carbocycles. The van der Waals surface area contributed by atoms with Gasteiger partial charge >= 0.3 is 0 Å². The molecule has 0 aliphatic rings. The molecule has 0 aliphatic heterocycles. The molecule has 41 heavy (non-hydrogen) atoms. The summed E-state index contributed by atoms with van der Waals surface area (Å²) in [6.45, 7) is 5.44. The van der Waals surface area contributed by atoms with Crippen molar-refractivity contribution >= 4 is 12.2 Å². The molecule has 208 valence electrons. The van der Waals surface area contributed by atoms with Crippen LogP contribution in [0.3, 0.4) is 0 Å². The van der Waals surface area contributed by atoms with Gasteiger partial charge in [-0.25, -0.2) is 0 Å². The van der Waals surface area contributed by atoms with E-state index in [0.717, 1.165) is 17.5 Å². The maximum atomic E-state index is 12.9. The number of pyridine rings is 2. The highest BCUT2D eigenvalue weighted by atomic mass is 16.3. The number of carbonyl (C=O) groups is 2. The molecule has 4 atom stereocenters. The van der Waals surface area contributed by atoms with Gasteiger partial charge in [0.25, 0.3) is 0 Å². The van der Waals surface area contributed by atoms with Crippen LogP contribution in [0.2, 0.25) is 0 Å². The van der Waals surface area contributed by atoms with E-state index in [1.54, 1.807) is 50.5 Å². The number of primary amides is 1. The van der Waals surface area contributed by atoms with E-state index in [4.69, 9.17) is 10.7 Å². The van der Waals surface area contributed by atoms with Crippen molar-refractivity contribution in [2.45, 2.75) is 31.8 Å². The molecule has 6 nitrogen and oxygen atoms in total. The van der Waals surface area contributed by atoms with E-state index in [2.05, 4.69) is 4.98 Å². The number of amides is 1. The van der Waals surface area contributed by atoms with Crippen molar-refractivity contribution in [2.24, 2.45) is 17.6 Å². The summed E-state index contributed by atoms with van der Waals surface area (Å²) >= 11 is 0. The number of nitrogens with zero attached hydrogens (tertiary/aromatic N) is 2.